The van der Waals surface area contributed by atoms with Gasteiger partial charge in [0.05, 0.1) is 39.2 Å². The van der Waals surface area contributed by atoms with Gasteiger partial charge >= 0.3 is 0 Å². The lowest BCUT2D eigenvalue weighted by atomic mass is 9.98. The molecule has 1 atom stereocenters. The Morgan fingerprint density at radius 3 is 2.23 bits per heavy atom. The zero-order valence-corrected chi connectivity index (χ0v) is 17.5. The maximum absolute atomic E-state index is 13.2. The first-order valence-corrected chi connectivity index (χ1v) is 10.3. The number of benzene rings is 2. The van der Waals surface area contributed by atoms with Crippen molar-refractivity contribution in [2.24, 2.45) is 5.10 Å². The number of nitrogens with zero attached hydrogens (tertiary/aromatic N) is 2. The summed E-state index contributed by atoms with van der Waals surface area (Å²) in [4.78, 5) is 14.5. The second-order valence-corrected chi connectivity index (χ2v) is 7.55. The third-order valence-corrected chi connectivity index (χ3v) is 5.69. The number of amides is 1. The number of quaternary nitrogens is 1. The average Bonchev–Trinajstić information content (AvgIpc) is 3.25. The van der Waals surface area contributed by atoms with Crippen molar-refractivity contribution in [1.82, 2.24) is 5.01 Å². The quantitative estimate of drug-likeness (QED) is 0.780. The highest BCUT2D eigenvalue weighted by atomic mass is 16.5. The van der Waals surface area contributed by atoms with Gasteiger partial charge in [-0.1, -0.05) is 12.1 Å². The summed E-state index contributed by atoms with van der Waals surface area (Å²) in [6, 6.07) is 15.6. The van der Waals surface area contributed by atoms with Crippen molar-refractivity contribution in [3.63, 3.8) is 0 Å². The Kier molecular flexibility index (Phi) is 6.30. The molecule has 7 heteroatoms. The second kappa shape index (κ2) is 9.28. The van der Waals surface area contributed by atoms with Gasteiger partial charge in [0.1, 0.15) is 24.6 Å². The zero-order chi connectivity index (χ0) is 20.9. The monoisotopic (exact) mass is 410 g/mol. The van der Waals surface area contributed by atoms with Crippen LogP contribution in [-0.4, -0.2) is 63.7 Å². The van der Waals surface area contributed by atoms with Gasteiger partial charge in [-0.15, -0.1) is 0 Å². The van der Waals surface area contributed by atoms with E-state index in [-0.39, 0.29) is 11.9 Å². The van der Waals surface area contributed by atoms with E-state index in [1.165, 1.54) is 4.90 Å². The molecule has 2 aromatic rings. The van der Waals surface area contributed by atoms with Crippen LogP contribution in [0.25, 0.3) is 0 Å². The molecule has 2 aliphatic heterocycles. The highest BCUT2D eigenvalue weighted by Crippen LogP contribution is 2.33. The third kappa shape index (κ3) is 4.47. The number of hydrazone groups is 1. The van der Waals surface area contributed by atoms with Gasteiger partial charge < -0.3 is 19.1 Å². The van der Waals surface area contributed by atoms with Gasteiger partial charge in [-0.3, -0.25) is 4.79 Å². The van der Waals surface area contributed by atoms with Gasteiger partial charge in [0.15, 0.2) is 6.54 Å². The molecule has 0 saturated carbocycles. The normalized spacial score (nSPS) is 19.5. The molecule has 2 aromatic carbocycles. The molecule has 7 nitrogen and oxygen atoms in total. The Balaban J connectivity index is 1.58. The maximum Gasteiger partial charge on any atom is 0.298 e. The Morgan fingerprint density at radius 2 is 1.63 bits per heavy atom. The minimum atomic E-state index is -0.124. The van der Waals surface area contributed by atoms with E-state index < -0.39 is 0 Å². The van der Waals surface area contributed by atoms with Gasteiger partial charge in [0, 0.05) is 6.42 Å². The molecule has 30 heavy (non-hydrogen) atoms. The maximum atomic E-state index is 13.2. The zero-order valence-electron chi connectivity index (χ0n) is 17.5. The van der Waals surface area contributed by atoms with E-state index >= 15 is 0 Å². The number of morpholine rings is 1. The lowest BCUT2D eigenvalue weighted by Gasteiger charge is -2.27. The molecule has 0 radical (unpaired) electrons. The molecule has 2 aliphatic rings. The smallest absolute Gasteiger partial charge is 0.298 e. The number of carbonyl (C=O) groups is 1. The van der Waals surface area contributed by atoms with E-state index in [1.54, 1.807) is 19.2 Å². The van der Waals surface area contributed by atoms with Crippen molar-refractivity contribution in [2.75, 3.05) is 47.1 Å². The molecule has 1 amide bonds. The van der Waals surface area contributed by atoms with Crippen LogP contribution in [0.4, 0.5) is 0 Å². The lowest BCUT2D eigenvalue weighted by Crippen LogP contribution is -3.15. The summed E-state index contributed by atoms with van der Waals surface area (Å²) < 4.78 is 16.0. The minimum Gasteiger partial charge on any atom is -0.497 e. The second-order valence-electron chi connectivity index (χ2n) is 7.55. The fourth-order valence-corrected chi connectivity index (χ4v) is 3.92. The average molecular weight is 410 g/mol. The van der Waals surface area contributed by atoms with Gasteiger partial charge in [-0.25, -0.2) is 5.01 Å². The fraction of sp³-hybridized carbons (Fsp3) is 0.391. The summed E-state index contributed by atoms with van der Waals surface area (Å²) >= 11 is 0. The van der Waals surface area contributed by atoms with E-state index in [2.05, 4.69) is 0 Å². The summed E-state index contributed by atoms with van der Waals surface area (Å²) in [5.41, 5.74) is 2.96. The van der Waals surface area contributed by atoms with Crippen molar-refractivity contribution in [2.45, 2.75) is 12.5 Å². The highest BCUT2D eigenvalue weighted by molar-refractivity contribution is 6.03. The summed E-state index contributed by atoms with van der Waals surface area (Å²) in [5.74, 6) is 1.63. The van der Waals surface area contributed by atoms with Crippen molar-refractivity contribution in [1.29, 1.82) is 0 Å². The SMILES string of the molecule is COc1ccc(C2=NN(C(=O)C[NH+]3CCOCC3)[C@@H](c3ccc(OC)cc3)C2)cc1. The standard InChI is InChI=1S/C23H27N3O4/c1-28-19-7-3-17(4-8-19)21-15-22(18-5-9-20(29-2)10-6-18)26(24-21)23(27)16-25-11-13-30-14-12-25/h3-10,22H,11-16H2,1-2H3/p+1/t22-/m1/s1. The van der Waals surface area contributed by atoms with E-state index in [0.29, 0.717) is 26.2 Å². The van der Waals surface area contributed by atoms with E-state index in [1.807, 2.05) is 48.5 Å². The Hall–Kier alpha value is -2.90. The number of hydrogen-bond donors (Lipinski definition) is 1. The Labute approximate surface area is 176 Å². The molecule has 2 heterocycles. The van der Waals surface area contributed by atoms with Crippen molar-refractivity contribution >= 4 is 11.6 Å². The summed E-state index contributed by atoms with van der Waals surface area (Å²) in [6.45, 7) is 3.52. The molecular formula is C23H28N3O4+. The molecule has 0 aromatic heterocycles. The molecule has 158 valence electrons. The van der Waals surface area contributed by atoms with Crippen molar-refractivity contribution in [3.8, 4) is 11.5 Å². The first-order valence-electron chi connectivity index (χ1n) is 10.3. The van der Waals surface area contributed by atoms with Crippen molar-refractivity contribution in [3.05, 3.63) is 59.7 Å². The van der Waals surface area contributed by atoms with Gasteiger partial charge in [0.25, 0.3) is 5.91 Å². The molecule has 1 N–H and O–H groups in total. The Morgan fingerprint density at radius 1 is 1.03 bits per heavy atom. The molecule has 0 unspecified atom stereocenters. The predicted molar refractivity (Wildman–Crippen MR) is 113 cm³/mol. The number of carbonyl (C=O) groups excluding carboxylic acids is 1. The fourth-order valence-electron chi connectivity index (χ4n) is 3.92. The number of ether oxygens (including phenoxy) is 3. The topological polar surface area (TPSA) is 64.8 Å². The Bertz CT molecular complexity index is 890. The molecular weight excluding hydrogens is 382 g/mol. The number of nitrogens with one attached hydrogen (secondary N) is 1. The molecule has 1 fully saturated rings. The van der Waals surface area contributed by atoms with Crippen LogP contribution in [0.1, 0.15) is 23.6 Å². The van der Waals surface area contributed by atoms with Crippen LogP contribution in [0.5, 0.6) is 11.5 Å². The van der Waals surface area contributed by atoms with Gasteiger partial charge in [0.2, 0.25) is 0 Å². The van der Waals surface area contributed by atoms with E-state index in [0.717, 1.165) is 41.4 Å². The largest absolute Gasteiger partial charge is 0.497 e. The molecule has 0 aliphatic carbocycles. The van der Waals surface area contributed by atoms with E-state index in [9.17, 15) is 4.79 Å². The summed E-state index contributed by atoms with van der Waals surface area (Å²) in [5, 5.41) is 6.43. The van der Waals surface area contributed by atoms with Crippen LogP contribution < -0.4 is 14.4 Å². The molecule has 4 rings (SSSR count). The van der Waals surface area contributed by atoms with Crippen LogP contribution >= 0.6 is 0 Å². The first-order chi connectivity index (χ1) is 14.7. The highest BCUT2D eigenvalue weighted by Gasteiger charge is 2.35. The van der Waals surface area contributed by atoms with Crippen LogP contribution in [0.3, 0.4) is 0 Å². The van der Waals surface area contributed by atoms with Crippen LogP contribution in [0.2, 0.25) is 0 Å². The summed E-state index contributed by atoms with van der Waals surface area (Å²) in [6.07, 6.45) is 0.669. The van der Waals surface area contributed by atoms with Gasteiger partial charge in [-0.05, 0) is 47.5 Å². The lowest BCUT2D eigenvalue weighted by molar-refractivity contribution is -0.900. The molecule has 0 spiro atoms. The molecule has 0 bridgehead atoms. The third-order valence-electron chi connectivity index (χ3n) is 5.69. The predicted octanol–water partition coefficient (Wildman–Crippen LogP) is 1.30. The first kappa shape index (κ1) is 20.4. The molecule has 1 saturated heterocycles. The van der Waals surface area contributed by atoms with Crippen LogP contribution in [-0.2, 0) is 9.53 Å². The minimum absolute atomic E-state index is 0.0382. The number of methoxy groups -OCH3 is 2. The van der Waals surface area contributed by atoms with Crippen LogP contribution in [0, 0.1) is 0 Å². The number of hydrogen-bond acceptors (Lipinski definition) is 5. The van der Waals surface area contributed by atoms with Crippen LogP contribution in [0.15, 0.2) is 53.6 Å². The van der Waals surface area contributed by atoms with Gasteiger partial charge in [-0.2, -0.15) is 5.10 Å². The number of rotatable bonds is 6. The van der Waals surface area contributed by atoms with E-state index in [4.69, 9.17) is 19.3 Å². The summed E-state index contributed by atoms with van der Waals surface area (Å²) in [7, 11) is 3.30. The van der Waals surface area contributed by atoms with Crippen molar-refractivity contribution < 1.29 is 23.9 Å².